The molecule has 33 heavy (non-hydrogen) atoms. The lowest BCUT2D eigenvalue weighted by Crippen LogP contribution is -2.51. The van der Waals surface area contributed by atoms with Gasteiger partial charge >= 0.3 is 0 Å². The summed E-state index contributed by atoms with van der Waals surface area (Å²) in [5.41, 5.74) is 0.903. The number of morpholine rings is 1. The average molecular weight is 497 g/mol. The van der Waals surface area contributed by atoms with Crippen molar-refractivity contribution in [3.05, 3.63) is 18.2 Å². The topological polar surface area (TPSA) is 83.6 Å². The lowest BCUT2D eigenvalue weighted by Gasteiger charge is -2.41. The molecule has 3 saturated heterocycles. The van der Waals surface area contributed by atoms with Crippen molar-refractivity contribution in [1.82, 2.24) is 13.5 Å². The molecule has 4 aliphatic heterocycles. The zero-order chi connectivity index (χ0) is 22.8. The molecule has 0 atom stereocenters. The van der Waals surface area contributed by atoms with Gasteiger partial charge in [-0.3, -0.25) is 0 Å². The molecule has 4 aliphatic rings. The Kier molecular flexibility index (Phi) is 6.94. The van der Waals surface area contributed by atoms with Crippen LogP contribution < -0.4 is 14.8 Å². The van der Waals surface area contributed by atoms with Crippen LogP contribution in [0.1, 0.15) is 25.7 Å². The number of benzene rings is 1. The monoisotopic (exact) mass is 496 g/mol. The highest BCUT2D eigenvalue weighted by Crippen LogP contribution is 2.35. The lowest BCUT2D eigenvalue weighted by molar-refractivity contribution is 0.0683. The van der Waals surface area contributed by atoms with Crippen LogP contribution in [-0.2, 0) is 14.9 Å². The van der Waals surface area contributed by atoms with Gasteiger partial charge in [0.15, 0.2) is 16.6 Å². The summed E-state index contributed by atoms with van der Waals surface area (Å²) in [5.74, 6) is 2.71. The van der Waals surface area contributed by atoms with Crippen molar-refractivity contribution in [2.24, 2.45) is 11.8 Å². The molecule has 0 saturated carbocycles. The third-order valence-corrected chi connectivity index (χ3v) is 9.63. The van der Waals surface area contributed by atoms with E-state index in [0.717, 1.165) is 61.1 Å². The molecule has 1 N–H and O–H groups in total. The summed E-state index contributed by atoms with van der Waals surface area (Å²) >= 11 is 5.65. The Morgan fingerprint density at radius 1 is 0.879 bits per heavy atom. The van der Waals surface area contributed by atoms with Crippen LogP contribution in [0.25, 0.3) is 0 Å². The van der Waals surface area contributed by atoms with Crippen molar-refractivity contribution in [1.29, 1.82) is 0 Å². The van der Waals surface area contributed by atoms with Crippen LogP contribution in [0.3, 0.4) is 0 Å². The predicted molar refractivity (Wildman–Crippen MR) is 129 cm³/mol. The van der Waals surface area contributed by atoms with Gasteiger partial charge in [-0.2, -0.15) is 17.0 Å². The van der Waals surface area contributed by atoms with E-state index >= 15 is 0 Å². The molecule has 5 rings (SSSR count). The number of hydrogen-bond acceptors (Lipinski definition) is 6. The average Bonchev–Trinajstić information content (AvgIpc) is 3.33. The highest BCUT2D eigenvalue weighted by Gasteiger charge is 2.36. The molecule has 11 heteroatoms. The van der Waals surface area contributed by atoms with Gasteiger partial charge in [-0.15, -0.1) is 0 Å². The van der Waals surface area contributed by atoms with Crippen LogP contribution in [0.5, 0.6) is 11.5 Å². The van der Waals surface area contributed by atoms with Crippen molar-refractivity contribution in [2.45, 2.75) is 25.7 Å². The molecule has 0 bridgehead atoms. The first-order valence-electron chi connectivity index (χ1n) is 11.8. The van der Waals surface area contributed by atoms with Gasteiger partial charge in [0.25, 0.3) is 10.2 Å². The highest BCUT2D eigenvalue weighted by atomic mass is 32.2. The number of nitrogens with zero attached hydrogens (tertiary/aromatic N) is 3. The Balaban J connectivity index is 1.08. The van der Waals surface area contributed by atoms with Gasteiger partial charge in [-0.25, -0.2) is 0 Å². The van der Waals surface area contributed by atoms with Crippen LogP contribution in [0, 0.1) is 11.8 Å². The number of ether oxygens (including phenoxy) is 3. The van der Waals surface area contributed by atoms with E-state index in [1.54, 1.807) is 8.61 Å². The zero-order valence-corrected chi connectivity index (χ0v) is 20.4. The van der Waals surface area contributed by atoms with E-state index in [4.69, 9.17) is 26.4 Å². The minimum atomic E-state index is -3.36. The minimum absolute atomic E-state index is 0.259. The fourth-order valence-corrected chi connectivity index (χ4v) is 7.18. The van der Waals surface area contributed by atoms with Crippen LogP contribution in [0.2, 0.25) is 0 Å². The van der Waals surface area contributed by atoms with Gasteiger partial charge in [-0.05, 0) is 61.9 Å². The Morgan fingerprint density at radius 3 is 2.18 bits per heavy atom. The summed E-state index contributed by atoms with van der Waals surface area (Å²) in [7, 11) is -3.36. The van der Waals surface area contributed by atoms with Gasteiger partial charge in [-0.1, -0.05) is 0 Å². The van der Waals surface area contributed by atoms with E-state index in [1.807, 2.05) is 18.2 Å². The molecular formula is C22H32N4O5S2. The molecule has 0 aromatic heterocycles. The molecule has 0 radical (unpaired) electrons. The van der Waals surface area contributed by atoms with E-state index in [9.17, 15) is 8.42 Å². The number of piperidine rings is 2. The molecule has 0 spiro atoms. The number of anilines is 1. The fourth-order valence-electron chi connectivity index (χ4n) is 5.27. The van der Waals surface area contributed by atoms with E-state index in [1.165, 1.54) is 0 Å². The second-order valence-corrected chi connectivity index (χ2v) is 11.4. The summed E-state index contributed by atoms with van der Waals surface area (Å²) in [6.45, 7) is 5.24. The van der Waals surface area contributed by atoms with E-state index in [2.05, 4.69) is 10.2 Å². The molecule has 3 fully saturated rings. The molecule has 9 nitrogen and oxygen atoms in total. The number of fused-ring (bicyclic) bond motifs is 1. The Hall–Kier alpha value is -1.66. The maximum atomic E-state index is 12.9. The second-order valence-electron chi connectivity index (χ2n) is 9.08. The highest BCUT2D eigenvalue weighted by molar-refractivity contribution is 7.86. The predicted octanol–water partition coefficient (Wildman–Crippen LogP) is 2.11. The van der Waals surface area contributed by atoms with Crippen molar-refractivity contribution in [2.75, 3.05) is 64.6 Å². The third kappa shape index (κ3) is 5.07. The maximum absolute atomic E-state index is 12.9. The summed E-state index contributed by atoms with van der Waals surface area (Å²) in [4.78, 5) is 2.23. The van der Waals surface area contributed by atoms with Gasteiger partial charge in [0.1, 0.15) is 0 Å². The SMILES string of the molecule is O=S(=O)(N1CCOCC1)N1CCC(C2CCN(C(=S)Nc3ccc4c(c3)OCO4)CC2)CC1. The standard InChI is InChI=1S/C22H32N4O5S2/c27-33(28,26-11-13-29-14-12-26)25-9-5-18(6-10-25)17-3-7-24(8-4-17)22(32)23-19-1-2-20-21(15-19)31-16-30-20/h1-2,15,17-18H,3-14,16H2,(H,23,32). The molecular weight excluding hydrogens is 464 g/mol. The van der Waals surface area contributed by atoms with Crippen molar-refractivity contribution >= 4 is 33.2 Å². The number of likely N-dealkylation sites (tertiary alicyclic amines) is 1. The van der Waals surface area contributed by atoms with Gasteiger partial charge in [0.05, 0.1) is 13.2 Å². The first kappa shape index (κ1) is 23.1. The summed E-state index contributed by atoms with van der Waals surface area (Å²) in [5, 5.41) is 4.06. The number of hydrogen-bond donors (Lipinski definition) is 1. The smallest absolute Gasteiger partial charge is 0.282 e. The minimum Gasteiger partial charge on any atom is -0.454 e. The van der Waals surface area contributed by atoms with Gasteiger partial charge < -0.3 is 24.4 Å². The van der Waals surface area contributed by atoms with Crippen LogP contribution in [0.15, 0.2) is 18.2 Å². The first-order chi connectivity index (χ1) is 16.0. The lowest BCUT2D eigenvalue weighted by atomic mass is 9.79. The van der Waals surface area contributed by atoms with Crippen LogP contribution in [0.4, 0.5) is 5.69 Å². The maximum Gasteiger partial charge on any atom is 0.282 e. The van der Waals surface area contributed by atoms with E-state index < -0.39 is 10.2 Å². The van der Waals surface area contributed by atoms with Crippen LogP contribution >= 0.6 is 12.2 Å². The van der Waals surface area contributed by atoms with Crippen molar-refractivity contribution in [3.8, 4) is 11.5 Å². The Labute approximate surface area is 201 Å². The van der Waals surface area contributed by atoms with E-state index in [0.29, 0.717) is 51.2 Å². The number of thiocarbonyl (C=S) groups is 1. The summed E-state index contributed by atoms with van der Waals surface area (Å²) < 4.78 is 45.2. The molecule has 4 heterocycles. The zero-order valence-electron chi connectivity index (χ0n) is 18.8. The van der Waals surface area contributed by atoms with E-state index in [-0.39, 0.29) is 6.79 Å². The van der Waals surface area contributed by atoms with Crippen molar-refractivity contribution < 1.29 is 22.6 Å². The third-order valence-electron chi connectivity index (χ3n) is 7.24. The molecule has 182 valence electrons. The van der Waals surface area contributed by atoms with Crippen LogP contribution in [-0.4, -0.2) is 86.3 Å². The van der Waals surface area contributed by atoms with Gasteiger partial charge in [0, 0.05) is 51.0 Å². The molecule has 1 aromatic carbocycles. The second kappa shape index (κ2) is 9.91. The molecule has 0 aliphatic carbocycles. The Bertz CT molecular complexity index is 954. The van der Waals surface area contributed by atoms with Crippen molar-refractivity contribution in [3.63, 3.8) is 0 Å². The number of nitrogens with one attached hydrogen (secondary N) is 1. The quantitative estimate of drug-likeness (QED) is 0.635. The largest absolute Gasteiger partial charge is 0.454 e. The summed E-state index contributed by atoms with van der Waals surface area (Å²) in [6.07, 6.45) is 4.05. The number of rotatable bonds is 4. The van der Waals surface area contributed by atoms with Gasteiger partial charge in [0.2, 0.25) is 6.79 Å². The normalized spacial score (nSPS) is 23.6. The Morgan fingerprint density at radius 2 is 1.48 bits per heavy atom. The fraction of sp³-hybridized carbons (Fsp3) is 0.682. The summed E-state index contributed by atoms with van der Waals surface area (Å²) in [6, 6.07) is 5.76. The molecule has 0 unspecified atom stereocenters. The molecule has 0 amide bonds. The first-order valence-corrected chi connectivity index (χ1v) is 13.6. The molecule has 1 aromatic rings.